The minimum atomic E-state index is -0.294. The zero-order valence-electron chi connectivity index (χ0n) is 14.1. The first kappa shape index (κ1) is 16.1. The van der Waals surface area contributed by atoms with Crippen molar-refractivity contribution in [2.75, 3.05) is 0 Å². The molecule has 5 aromatic rings. The Kier molecular flexibility index (Phi) is 3.76. The third kappa shape index (κ3) is 2.71. The number of benzene rings is 3. The summed E-state index contributed by atoms with van der Waals surface area (Å²) in [5, 5.41) is 6.73. The molecule has 0 radical (unpaired) electrons. The molecule has 0 aliphatic rings. The second-order valence-corrected chi connectivity index (χ2v) is 7.20. The van der Waals surface area contributed by atoms with Crippen LogP contribution >= 0.6 is 15.9 Å². The lowest BCUT2D eigenvalue weighted by atomic mass is 10.1. The molecule has 27 heavy (non-hydrogen) atoms. The summed E-state index contributed by atoms with van der Waals surface area (Å²) in [6.07, 6.45) is 1.84. The zero-order valence-corrected chi connectivity index (χ0v) is 15.7. The van der Waals surface area contributed by atoms with Crippen molar-refractivity contribution >= 4 is 37.7 Å². The monoisotopic (exact) mass is 417 g/mol. The van der Waals surface area contributed by atoms with E-state index in [1.807, 2.05) is 60.8 Å². The fourth-order valence-electron chi connectivity index (χ4n) is 3.36. The van der Waals surface area contributed by atoms with Crippen LogP contribution in [0.5, 0.6) is 0 Å². The molecule has 0 amide bonds. The molecular formula is C22H13BrFN3. The van der Waals surface area contributed by atoms with Gasteiger partial charge in [-0.3, -0.25) is 4.98 Å². The number of nitrogens with zero attached hydrogens (tertiary/aromatic N) is 3. The van der Waals surface area contributed by atoms with Crippen molar-refractivity contribution in [3.05, 3.63) is 89.3 Å². The van der Waals surface area contributed by atoms with Gasteiger partial charge in [-0.15, -0.1) is 0 Å². The first-order valence-corrected chi connectivity index (χ1v) is 9.28. The van der Waals surface area contributed by atoms with E-state index >= 15 is 0 Å². The lowest BCUT2D eigenvalue weighted by molar-refractivity contribution is 0.626. The summed E-state index contributed by atoms with van der Waals surface area (Å²) in [5.41, 5.74) is 4.27. The van der Waals surface area contributed by atoms with Crippen LogP contribution in [0.3, 0.4) is 0 Å². The SMILES string of the molecule is Fc1cccc(-n2nc(-c3ccccc3)c3cnc4ccc(Br)cc4c32)c1. The van der Waals surface area contributed by atoms with Crippen LogP contribution in [-0.4, -0.2) is 14.8 Å². The van der Waals surface area contributed by atoms with E-state index in [0.717, 1.165) is 37.5 Å². The molecule has 5 heteroatoms. The number of pyridine rings is 1. The Morgan fingerprint density at radius 3 is 2.52 bits per heavy atom. The molecule has 0 aliphatic heterocycles. The van der Waals surface area contributed by atoms with Gasteiger partial charge in [-0.2, -0.15) is 5.10 Å². The van der Waals surface area contributed by atoms with E-state index in [4.69, 9.17) is 5.10 Å². The third-order valence-corrected chi connectivity index (χ3v) is 5.06. The molecule has 2 heterocycles. The number of hydrogen-bond acceptors (Lipinski definition) is 2. The van der Waals surface area contributed by atoms with Crippen LogP contribution in [-0.2, 0) is 0 Å². The van der Waals surface area contributed by atoms with E-state index in [9.17, 15) is 4.39 Å². The van der Waals surface area contributed by atoms with Crippen LogP contribution in [0.4, 0.5) is 4.39 Å². The average molecular weight is 418 g/mol. The molecule has 0 atom stereocenters. The highest BCUT2D eigenvalue weighted by Crippen LogP contribution is 2.34. The lowest BCUT2D eigenvalue weighted by Crippen LogP contribution is -1.98. The maximum absolute atomic E-state index is 13.9. The van der Waals surface area contributed by atoms with Gasteiger partial charge in [0.15, 0.2) is 0 Å². The van der Waals surface area contributed by atoms with E-state index in [0.29, 0.717) is 5.69 Å². The van der Waals surface area contributed by atoms with Crippen molar-refractivity contribution in [3.8, 4) is 16.9 Å². The van der Waals surface area contributed by atoms with Gasteiger partial charge in [0.25, 0.3) is 0 Å². The molecule has 130 valence electrons. The molecule has 5 rings (SSSR count). The second kappa shape index (κ2) is 6.28. The van der Waals surface area contributed by atoms with E-state index in [1.54, 1.807) is 10.7 Å². The van der Waals surface area contributed by atoms with Crippen LogP contribution in [0.25, 0.3) is 38.8 Å². The van der Waals surface area contributed by atoms with Gasteiger partial charge < -0.3 is 0 Å². The van der Waals surface area contributed by atoms with Crippen molar-refractivity contribution < 1.29 is 4.39 Å². The molecule has 0 aliphatic carbocycles. The maximum atomic E-state index is 13.9. The van der Waals surface area contributed by atoms with Gasteiger partial charge in [0, 0.05) is 27.0 Å². The van der Waals surface area contributed by atoms with Gasteiger partial charge in [-0.05, 0) is 36.4 Å². The molecule has 0 saturated heterocycles. The van der Waals surface area contributed by atoms with Crippen molar-refractivity contribution in [1.29, 1.82) is 0 Å². The van der Waals surface area contributed by atoms with Crippen molar-refractivity contribution in [1.82, 2.24) is 14.8 Å². The largest absolute Gasteiger partial charge is 0.255 e. The number of aromatic nitrogens is 3. The van der Waals surface area contributed by atoms with Crippen LogP contribution in [0.2, 0.25) is 0 Å². The van der Waals surface area contributed by atoms with E-state index in [2.05, 4.69) is 20.9 Å². The van der Waals surface area contributed by atoms with Crippen LogP contribution in [0, 0.1) is 5.82 Å². The fourth-order valence-corrected chi connectivity index (χ4v) is 3.72. The zero-order chi connectivity index (χ0) is 18.4. The van der Waals surface area contributed by atoms with Gasteiger partial charge in [-0.1, -0.05) is 52.3 Å². The standard InChI is InChI=1S/C22H13BrFN3/c23-15-9-10-20-18(11-15)22-19(13-25-20)21(14-5-2-1-3-6-14)26-27(22)17-8-4-7-16(24)12-17/h1-13H. The molecule has 0 saturated carbocycles. The first-order valence-electron chi connectivity index (χ1n) is 8.49. The van der Waals surface area contributed by atoms with Crippen molar-refractivity contribution in [3.63, 3.8) is 0 Å². The summed E-state index contributed by atoms with van der Waals surface area (Å²) >= 11 is 3.54. The van der Waals surface area contributed by atoms with E-state index in [-0.39, 0.29) is 5.82 Å². The molecule has 0 fully saturated rings. The minimum absolute atomic E-state index is 0.294. The average Bonchev–Trinajstić information content (AvgIpc) is 3.09. The molecular weight excluding hydrogens is 405 g/mol. The topological polar surface area (TPSA) is 30.7 Å². The normalized spacial score (nSPS) is 11.3. The van der Waals surface area contributed by atoms with Crippen LogP contribution in [0.15, 0.2) is 83.5 Å². The number of hydrogen-bond donors (Lipinski definition) is 0. The summed E-state index contributed by atoms with van der Waals surface area (Å²) < 4.78 is 16.7. The Labute approximate surface area is 163 Å². The molecule has 3 nitrogen and oxygen atoms in total. The van der Waals surface area contributed by atoms with Gasteiger partial charge in [0.2, 0.25) is 0 Å². The molecule has 3 aromatic carbocycles. The summed E-state index contributed by atoms with van der Waals surface area (Å²) in [5.74, 6) is -0.294. The first-order chi connectivity index (χ1) is 13.2. The molecule has 0 N–H and O–H groups in total. The Balaban J connectivity index is 1.94. The van der Waals surface area contributed by atoms with E-state index in [1.165, 1.54) is 12.1 Å². The highest BCUT2D eigenvalue weighted by Gasteiger charge is 2.17. The summed E-state index contributed by atoms with van der Waals surface area (Å²) in [6, 6.07) is 22.4. The highest BCUT2D eigenvalue weighted by atomic mass is 79.9. The lowest BCUT2D eigenvalue weighted by Gasteiger charge is -2.06. The fraction of sp³-hybridized carbons (Fsp3) is 0. The number of halogens is 2. The van der Waals surface area contributed by atoms with E-state index < -0.39 is 0 Å². The van der Waals surface area contributed by atoms with Crippen molar-refractivity contribution in [2.45, 2.75) is 0 Å². The number of fused-ring (bicyclic) bond motifs is 3. The summed E-state index contributed by atoms with van der Waals surface area (Å²) in [6.45, 7) is 0. The Bertz CT molecular complexity index is 1300. The quantitative estimate of drug-likeness (QED) is 0.345. The smallest absolute Gasteiger partial charge is 0.125 e. The molecule has 0 unspecified atom stereocenters. The molecule has 0 bridgehead atoms. The second-order valence-electron chi connectivity index (χ2n) is 6.29. The summed E-state index contributed by atoms with van der Waals surface area (Å²) in [7, 11) is 0. The van der Waals surface area contributed by atoms with Crippen LogP contribution in [0.1, 0.15) is 0 Å². The third-order valence-electron chi connectivity index (χ3n) is 4.57. The van der Waals surface area contributed by atoms with Gasteiger partial charge >= 0.3 is 0 Å². The predicted octanol–water partition coefficient (Wildman–Crippen LogP) is 6.14. The highest BCUT2D eigenvalue weighted by molar-refractivity contribution is 9.10. The van der Waals surface area contributed by atoms with Gasteiger partial charge in [0.1, 0.15) is 11.5 Å². The Hall–Kier alpha value is -3.05. The van der Waals surface area contributed by atoms with Gasteiger partial charge in [0.05, 0.1) is 16.7 Å². The minimum Gasteiger partial charge on any atom is -0.255 e. The molecule has 0 spiro atoms. The Morgan fingerprint density at radius 2 is 1.70 bits per heavy atom. The maximum Gasteiger partial charge on any atom is 0.125 e. The molecule has 2 aromatic heterocycles. The van der Waals surface area contributed by atoms with Crippen LogP contribution < -0.4 is 0 Å². The summed E-state index contributed by atoms with van der Waals surface area (Å²) in [4.78, 5) is 4.61. The Morgan fingerprint density at radius 1 is 0.852 bits per heavy atom. The number of rotatable bonds is 2. The van der Waals surface area contributed by atoms with Crippen molar-refractivity contribution in [2.24, 2.45) is 0 Å². The van der Waals surface area contributed by atoms with Gasteiger partial charge in [-0.25, -0.2) is 9.07 Å². The predicted molar refractivity (Wildman–Crippen MR) is 109 cm³/mol.